The third-order valence-corrected chi connectivity index (χ3v) is 1.37. The van der Waals surface area contributed by atoms with E-state index in [1.54, 1.807) is 0 Å². The van der Waals surface area contributed by atoms with E-state index < -0.39 is 0 Å². The van der Waals surface area contributed by atoms with Crippen molar-refractivity contribution in [2.45, 2.75) is 6.54 Å². The van der Waals surface area contributed by atoms with E-state index in [0.29, 0.717) is 5.56 Å². The van der Waals surface area contributed by atoms with Gasteiger partial charge < -0.3 is 4.57 Å². The van der Waals surface area contributed by atoms with Crippen molar-refractivity contribution >= 4 is 0 Å². The molecule has 0 saturated carbocycles. The van der Waals surface area contributed by atoms with Crippen molar-refractivity contribution in [1.82, 2.24) is 4.57 Å². The minimum absolute atomic E-state index is 0.188. The molecular weight excluding hydrogens is 152 g/mol. The maximum atomic E-state index is 11.0. The van der Waals surface area contributed by atoms with E-state index in [0.717, 1.165) is 0 Å². The molecule has 0 amide bonds. The first kappa shape index (κ1) is 8.10. The van der Waals surface area contributed by atoms with Crippen LogP contribution in [0.4, 0.5) is 0 Å². The first-order valence-corrected chi connectivity index (χ1v) is 3.32. The van der Waals surface area contributed by atoms with Gasteiger partial charge in [-0.1, -0.05) is 5.92 Å². The van der Waals surface area contributed by atoms with Crippen molar-refractivity contribution in [3.63, 3.8) is 0 Å². The Balaban J connectivity index is 3.21. The Morgan fingerprint density at radius 1 is 1.58 bits per heavy atom. The Morgan fingerprint density at radius 2 is 2.33 bits per heavy atom. The summed E-state index contributed by atoms with van der Waals surface area (Å²) in [6.07, 6.45) is 6.47. The number of terminal acetylenes is 1. The molecule has 0 aliphatic carbocycles. The average Bonchev–Trinajstić information content (AvgIpc) is 2.09. The van der Waals surface area contributed by atoms with E-state index in [-0.39, 0.29) is 12.1 Å². The third kappa shape index (κ3) is 1.53. The average molecular weight is 158 g/mol. The van der Waals surface area contributed by atoms with Crippen molar-refractivity contribution in [2.24, 2.45) is 0 Å². The Morgan fingerprint density at radius 3 is 2.92 bits per heavy atom. The predicted molar refractivity (Wildman–Crippen MR) is 44.3 cm³/mol. The summed E-state index contributed by atoms with van der Waals surface area (Å²) in [5, 5.41) is 8.50. The smallest absolute Gasteiger partial charge is 0.251 e. The summed E-state index contributed by atoms with van der Waals surface area (Å²) in [5.74, 6) is 2.33. The molecule has 0 fully saturated rings. The van der Waals surface area contributed by atoms with Crippen LogP contribution in [0.2, 0.25) is 0 Å². The van der Waals surface area contributed by atoms with Crippen LogP contribution in [0.15, 0.2) is 23.1 Å². The fourth-order valence-electron chi connectivity index (χ4n) is 0.819. The second kappa shape index (κ2) is 3.41. The maximum Gasteiger partial charge on any atom is 0.251 e. The van der Waals surface area contributed by atoms with Gasteiger partial charge >= 0.3 is 0 Å². The van der Waals surface area contributed by atoms with Crippen molar-refractivity contribution in [3.8, 4) is 18.4 Å². The molecule has 1 aromatic heterocycles. The molecule has 0 atom stereocenters. The second-order valence-corrected chi connectivity index (χ2v) is 2.20. The predicted octanol–water partition coefficient (Wildman–Crippen LogP) is 0.353. The van der Waals surface area contributed by atoms with E-state index in [4.69, 9.17) is 11.7 Å². The SMILES string of the molecule is C#CCn1cc(C#N)ccc1=O. The van der Waals surface area contributed by atoms with E-state index in [1.165, 1.54) is 22.9 Å². The summed E-state index contributed by atoms with van der Waals surface area (Å²) in [5.41, 5.74) is 0.247. The Labute approximate surface area is 69.9 Å². The molecule has 1 aromatic rings. The maximum absolute atomic E-state index is 11.0. The van der Waals surface area contributed by atoms with Gasteiger partial charge in [0.1, 0.15) is 6.07 Å². The largest absolute Gasteiger partial charge is 0.303 e. The van der Waals surface area contributed by atoms with Gasteiger partial charge in [0.15, 0.2) is 0 Å². The van der Waals surface area contributed by atoms with Gasteiger partial charge in [0.2, 0.25) is 0 Å². The fraction of sp³-hybridized carbons (Fsp3) is 0.111. The lowest BCUT2D eigenvalue weighted by Gasteiger charge is -1.98. The van der Waals surface area contributed by atoms with Crippen molar-refractivity contribution < 1.29 is 0 Å². The number of nitrogens with zero attached hydrogens (tertiary/aromatic N) is 2. The summed E-state index contributed by atoms with van der Waals surface area (Å²) in [6, 6.07) is 4.72. The molecule has 1 rings (SSSR count). The topological polar surface area (TPSA) is 45.8 Å². The highest BCUT2D eigenvalue weighted by Crippen LogP contribution is 1.91. The standard InChI is InChI=1S/C9H6N2O/c1-2-5-11-7-8(6-10)3-4-9(11)12/h1,3-4,7H,5H2. The molecule has 0 radical (unpaired) electrons. The Bertz CT molecular complexity index is 417. The molecule has 12 heavy (non-hydrogen) atoms. The Kier molecular flexibility index (Phi) is 2.30. The van der Waals surface area contributed by atoms with E-state index in [2.05, 4.69) is 5.92 Å². The molecule has 0 saturated heterocycles. The molecule has 3 nitrogen and oxygen atoms in total. The van der Waals surface area contributed by atoms with Crippen LogP contribution in [0, 0.1) is 23.7 Å². The van der Waals surface area contributed by atoms with Gasteiger partial charge in [0.05, 0.1) is 12.1 Å². The number of aromatic nitrogens is 1. The first-order valence-electron chi connectivity index (χ1n) is 3.32. The summed E-state index contributed by atoms with van der Waals surface area (Å²) >= 11 is 0. The van der Waals surface area contributed by atoms with Crippen LogP contribution in [0.5, 0.6) is 0 Å². The zero-order valence-electron chi connectivity index (χ0n) is 6.32. The summed E-state index contributed by atoms with van der Waals surface area (Å²) in [7, 11) is 0. The number of rotatable bonds is 1. The molecule has 0 aromatic carbocycles. The summed E-state index contributed by atoms with van der Waals surface area (Å²) < 4.78 is 1.32. The highest BCUT2D eigenvalue weighted by molar-refractivity contribution is 5.24. The third-order valence-electron chi connectivity index (χ3n) is 1.37. The second-order valence-electron chi connectivity index (χ2n) is 2.20. The molecule has 0 aliphatic rings. The van der Waals surface area contributed by atoms with Crippen molar-refractivity contribution in [3.05, 3.63) is 34.2 Å². The highest BCUT2D eigenvalue weighted by atomic mass is 16.1. The molecule has 0 bridgehead atoms. The van der Waals surface area contributed by atoms with Gasteiger partial charge in [-0.05, 0) is 6.07 Å². The minimum Gasteiger partial charge on any atom is -0.303 e. The number of nitriles is 1. The molecule has 0 spiro atoms. The van der Waals surface area contributed by atoms with Crippen LogP contribution in [-0.2, 0) is 6.54 Å². The number of pyridine rings is 1. The van der Waals surface area contributed by atoms with Gasteiger partial charge in [-0.3, -0.25) is 4.79 Å². The van der Waals surface area contributed by atoms with Crippen LogP contribution in [-0.4, -0.2) is 4.57 Å². The van der Waals surface area contributed by atoms with Crippen LogP contribution < -0.4 is 5.56 Å². The Hall–Kier alpha value is -2.00. The minimum atomic E-state index is -0.188. The molecular formula is C9H6N2O. The molecule has 0 unspecified atom stereocenters. The number of hydrogen-bond donors (Lipinski definition) is 0. The summed E-state index contributed by atoms with van der Waals surface area (Å²) in [6.45, 7) is 0.203. The van der Waals surface area contributed by atoms with Gasteiger partial charge in [-0.15, -0.1) is 6.42 Å². The lowest BCUT2D eigenvalue weighted by Crippen LogP contribution is -2.17. The molecule has 3 heteroatoms. The zero-order valence-corrected chi connectivity index (χ0v) is 6.32. The van der Waals surface area contributed by atoms with Gasteiger partial charge in [0.25, 0.3) is 5.56 Å². The van der Waals surface area contributed by atoms with Crippen molar-refractivity contribution in [2.75, 3.05) is 0 Å². The van der Waals surface area contributed by atoms with Crippen LogP contribution in [0.25, 0.3) is 0 Å². The van der Waals surface area contributed by atoms with E-state index in [1.807, 2.05) is 6.07 Å². The normalized spacial score (nSPS) is 8.50. The molecule has 0 N–H and O–H groups in total. The quantitative estimate of drug-likeness (QED) is 0.554. The molecule has 58 valence electrons. The first-order chi connectivity index (χ1) is 5.77. The van der Waals surface area contributed by atoms with Gasteiger partial charge in [-0.2, -0.15) is 5.26 Å². The number of hydrogen-bond acceptors (Lipinski definition) is 2. The van der Waals surface area contributed by atoms with E-state index >= 15 is 0 Å². The molecule has 1 heterocycles. The lowest BCUT2D eigenvalue weighted by molar-refractivity contribution is 0.794. The van der Waals surface area contributed by atoms with Crippen molar-refractivity contribution in [1.29, 1.82) is 5.26 Å². The van der Waals surface area contributed by atoms with Gasteiger partial charge in [0, 0.05) is 12.3 Å². The zero-order chi connectivity index (χ0) is 8.97. The summed E-state index contributed by atoms with van der Waals surface area (Å²) in [4.78, 5) is 11.0. The molecule has 0 aliphatic heterocycles. The lowest BCUT2D eigenvalue weighted by atomic mass is 10.3. The van der Waals surface area contributed by atoms with E-state index in [9.17, 15) is 4.79 Å². The highest BCUT2D eigenvalue weighted by Gasteiger charge is 1.94. The fourth-order valence-corrected chi connectivity index (χ4v) is 0.819. The monoisotopic (exact) mass is 158 g/mol. The van der Waals surface area contributed by atoms with Gasteiger partial charge in [-0.25, -0.2) is 0 Å². The van der Waals surface area contributed by atoms with Crippen LogP contribution in [0.1, 0.15) is 5.56 Å². The van der Waals surface area contributed by atoms with Crippen LogP contribution >= 0.6 is 0 Å². The van der Waals surface area contributed by atoms with Crippen LogP contribution in [0.3, 0.4) is 0 Å².